The van der Waals surface area contributed by atoms with Crippen molar-refractivity contribution in [2.75, 3.05) is 20.3 Å². The Labute approximate surface area is 180 Å². The summed E-state index contributed by atoms with van der Waals surface area (Å²) in [7, 11) is 1.63. The van der Waals surface area contributed by atoms with Gasteiger partial charge in [-0.2, -0.15) is 0 Å². The van der Waals surface area contributed by atoms with Crippen LogP contribution in [-0.2, 0) is 10.2 Å². The maximum atomic E-state index is 11.0. The fourth-order valence-corrected chi connectivity index (χ4v) is 4.38. The van der Waals surface area contributed by atoms with Gasteiger partial charge in [0.15, 0.2) is 0 Å². The highest BCUT2D eigenvalue weighted by Crippen LogP contribution is 2.45. The lowest BCUT2D eigenvalue weighted by molar-refractivity contribution is 0.0697. The van der Waals surface area contributed by atoms with E-state index in [-0.39, 0.29) is 11.0 Å². The quantitative estimate of drug-likeness (QED) is 0.529. The third-order valence-corrected chi connectivity index (χ3v) is 5.61. The van der Waals surface area contributed by atoms with Crippen LogP contribution in [0, 0.1) is 11.8 Å². The summed E-state index contributed by atoms with van der Waals surface area (Å²) in [6, 6.07) is 10.0. The molecule has 0 bridgehead atoms. The second-order valence-electron chi connectivity index (χ2n) is 7.43. The van der Waals surface area contributed by atoms with Crippen LogP contribution in [0.4, 0.5) is 0 Å². The summed E-state index contributed by atoms with van der Waals surface area (Å²) in [6.07, 6.45) is 1.13. The first-order valence-electron chi connectivity index (χ1n) is 9.49. The molecule has 0 fully saturated rings. The third-order valence-electron chi connectivity index (χ3n) is 4.76. The topological polar surface area (TPSA) is 76.0 Å². The highest BCUT2D eigenvalue weighted by molar-refractivity contribution is 8.02. The molecule has 1 atom stereocenters. The van der Waals surface area contributed by atoms with Gasteiger partial charge in [-0.05, 0) is 47.4 Å². The van der Waals surface area contributed by atoms with E-state index >= 15 is 0 Å². The molecule has 156 valence electrons. The Morgan fingerprint density at radius 3 is 2.60 bits per heavy atom. The number of hydrogen-bond donors (Lipinski definition) is 2. The van der Waals surface area contributed by atoms with E-state index in [1.54, 1.807) is 31.0 Å². The molecular weight excluding hydrogens is 400 g/mol. The van der Waals surface area contributed by atoms with Crippen molar-refractivity contribution in [2.24, 2.45) is 0 Å². The van der Waals surface area contributed by atoms with Gasteiger partial charge in [0.05, 0.1) is 12.2 Å². The molecule has 3 rings (SSSR count). The maximum Gasteiger partial charge on any atom is 0.335 e. The van der Waals surface area contributed by atoms with Crippen molar-refractivity contribution in [3.8, 4) is 17.6 Å². The normalized spacial score (nSPS) is 14.9. The van der Waals surface area contributed by atoms with E-state index in [0.29, 0.717) is 30.1 Å². The van der Waals surface area contributed by atoms with Crippen LogP contribution in [0.5, 0.6) is 5.75 Å². The van der Waals surface area contributed by atoms with E-state index in [0.717, 1.165) is 10.5 Å². The molecule has 1 aliphatic heterocycles. The van der Waals surface area contributed by atoms with Gasteiger partial charge in [-0.15, -0.1) is 0 Å². The molecule has 0 saturated carbocycles. The number of carboxylic acid groups (broad SMARTS) is 1. The highest BCUT2D eigenvalue weighted by atomic mass is 32.2. The number of carbonyl (C=O) groups is 1. The summed E-state index contributed by atoms with van der Waals surface area (Å²) >= 11 is 1.59. The van der Waals surface area contributed by atoms with Crippen LogP contribution in [0.15, 0.2) is 52.8 Å². The van der Waals surface area contributed by atoms with Crippen LogP contribution >= 0.6 is 11.8 Å². The van der Waals surface area contributed by atoms with Crippen LogP contribution in [-0.4, -0.2) is 36.5 Å². The van der Waals surface area contributed by atoms with Gasteiger partial charge in [0.1, 0.15) is 18.5 Å². The molecule has 5 nitrogen and oxygen atoms in total. The van der Waals surface area contributed by atoms with Crippen molar-refractivity contribution in [2.45, 2.75) is 30.3 Å². The van der Waals surface area contributed by atoms with Gasteiger partial charge < -0.3 is 19.7 Å². The van der Waals surface area contributed by atoms with E-state index in [2.05, 4.69) is 31.8 Å². The summed E-state index contributed by atoms with van der Waals surface area (Å²) in [4.78, 5) is 12.0. The number of aliphatic hydroxyl groups is 1. The number of carboxylic acids is 1. The molecule has 1 unspecified atom stereocenters. The number of aliphatic hydroxyl groups excluding tert-OH is 1. The Morgan fingerprint density at radius 2 is 1.93 bits per heavy atom. The first-order chi connectivity index (χ1) is 14.3. The molecule has 0 spiro atoms. The van der Waals surface area contributed by atoms with E-state index in [1.807, 2.05) is 17.5 Å². The fraction of sp³-hybridized carbons (Fsp3) is 0.292. The average molecular weight is 425 g/mol. The minimum Gasteiger partial charge on any atom is -0.491 e. The smallest absolute Gasteiger partial charge is 0.335 e. The van der Waals surface area contributed by atoms with Crippen LogP contribution in [0.2, 0.25) is 0 Å². The number of fused-ring (bicyclic) bond motifs is 1. The number of benzene rings is 2. The summed E-state index contributed by atoms with van der Waals surface area (Å²) in [5.74, 6) is 5.47. The number of allylic oxidation sites excluding steroid dienone is 1. The van der Waals surface area contributed by atoms with Gasteiger partial charge >= 0.3 is 5.97 Å². The second kappa shape index (κ2) is 9.40. The molecule has 2 N–H and O–H groups in total. The van der Waals surface area contributed by atoms with E-state index in [4.69, 9.17) is 14.6 Å². The number of methoxy groups -OCH3 is 1. The van der Waals surface area contributed by atoms with Gasteiger partial charge in [0.25, 0.3) is 0 Å². The van der Waals surface area contributed by atoms with Gasteiger partial charge in [0.2, 0.25) is 0 Å². The Kier molecular flexibility index (Phi) is 6.88. The Bertz CT molecular complexity index is 1010. The van der Waals surface area contributed by atoms with Crippen LogP contribution in [0.3, 0.4) is 0 Å². The lowest BCUT2D eigenvalue weighted by Gasteiger charge is -2.30. The van der Waals surface area contributed by atoms with E-state index in [9.17, 15) is 9.90 Å². The molecule has 0 aromatic heterocycles. The monoisotopic (exact) mass is 424 g/mol. The van der Waals surface area contributed by atoms with Gasteiger partial charge in [0, 0.05) is 28.5 Å². The average Bonchev–Trinajstić information content (AvgIpc) is 2.71. The molecule has 0 aliphatic carbocycles. The van der Waals surface area contributed by atoms with Crippen LogP contribution < -0.4 is 4.74 Å². The molecule has 2 aromatic carbocycles. The molecule has 2 aromatic rings. The summed E-state index contributed by atoms with van der Waals surface area (Å²) in [6.45, 7) is 5.13. The van der Waals surface area contributed by atoms with Crippen LogP contribution in [0.25, 0.3) is 0 Å². The van der Waals surface area contributed by atoms with Crippen molar-refractivity contribution in [1.82, 2.24) is 0 Å². The van der Waals surface area contributed by atoms with Crippen molar-refractivity contribution in [1.29, 1.82) is 0 Å². The van der Waals surface area contributed by atoms with Crippen molar-refractivity contribution < 1.29 is 24.5 Å². The Balaban J connectivity index is 1.90. The fourth-order valence-electron chi connectivity index (χ4n) is 3.14. The molecule has 0 radical (unpaired) electrons. The first kappa shape index (κ1) is 22.0. The SMILES string of the molecule is COCCOc1cc(C(O)C#Cc2ccc(C(=O)O)cc2)cc2c1C(C)(C)C=CS2. The number of rotatable bonds is 6. The van der Waals surface area contributed by atoms with Crippen LogP contribution in [0.1, 0.15) is 47.0 Å². The first-order valence-corrected chi connectivity index (χ1v) is 10.4. The summed E-state index contributed by atoms with van der Waals surface area (Å²) in [5.41, 5.74) is 2.37. The predicted octanol–water partition coefficient (Wildman–Crippen LogP) is 4.39. The van der Waals surface area contributed by atoms with Crippen molar-refractivity contribution >= 4 is 17.7 Å². The van der Waals surface area contributed by atoms with Crippen molar-refractivity contribution in [3.63, 3.8) is 0 Å². The van der Waals surface area contributed by atoms with Crippen molar-refractivity contribution in [3.05, 3.63) is 70.1 Å². The standard InChI is InChI=1S/C24H24O5S/c1-24(2)10-13-30-21-15-18(14-20(22(21)24)29-12-11-28-3)19(25)9-6-16-4-7-17(8-5-16)23(26)27/h4-5,7-8,10,13-15,19,25H,11-12H2,1-3H3,(H,26,27). The number of hydrogen-bond acceptors (Lipinski definition) is 5. The summed E-state index contributed by atoms with van der Waals surface area (Å²) in [5, 5.41) is 21.7. The number of thioether (sulfide) groups is 1. The minimum absolute atomic E-state index is 0.190. The van der Waals surface area contributed by atoms with Gasteiger partial charge in [-0.25, -0.2) is 4.79 Å². The number of aromatic carboxylic acids is 1. The Morgan fingerprint density at radius 1 is 1.20 bits per heavy atom. The maximum absolute atomic E-state index is 11.0. The molecule has 1 aliphatic rings. The minimum atomic E-state index is -1.01. The largest absolute Gasteiger partial charge is 0.491 e. The lowest BCUT2D eigenvalue weighted by atomic mass is 9.83. The number of ether oxygens (including phenoxy) is 2. The predicted molar refractivity (Wildman–Crippen MR) is 117 cm³/mol. The molecule has 6 heteroatoms. The Hall–Kier alpha value is -2.72. The molecule has 0 saturated heterocycles. The summed E-state index contributed by atoms with van der Waals surface area (Å²) < 4.78 is 11.1. The molecule has 1 heterocycles. The zero-order chi connectivity index (χ0) is 21.7. The molecular formula is C24H24O5S. The molecule has 30 heavy (non-hydrogen) atoms. The second-order valence-corrected chi connectivity index (χ2v) is 8.38. The van der Waals surface area contributed by atoms with Gasteiger partial charge in [-0.3, -0.25) is 0 Å². The zero-order valence-electron chi connectivity index (χ0n) is 17.1. The van der Waals surface area contributed by atoms with E-state index < -0.39 is 12.1 Å². The van der Waals surface area contributed by atoms with Gasteiger partial charge in [-0.1, -0.05) is 43.5 Å². The zero-order valence-corrected chi connectivity index (χ0v) is 18.0. The van der Waals surface area contributed by atoms with E-state index in [1.165, 1.54) is 12.1 Å². The highest BCUT2D eigenvalue weighted by Gasteiger charge is 2.29. The third kappa shape index (κ3) is 5.06. The lowest BCUT2D eigenvalue weighted by Crippen LogP contribution is -2.20. The molecule has 0 amide bonds.